The molecule has 19 heteroatoms. The van der Waals surface area contributed by atoms with Crippen LogP contribution in [0.1, 0.15) is 12.5 Å². The van der Waals surface area contributed by atoms with E-state index in [0.29, 0.717) is 27.3 Å². The van der Waals surface area contributed by atoms with Gasteiger partial charge in [0.25, 0.3) is 10.0 Å². The van der Waals surface area contributed by atoms with Crippen molar-refractivity contribution in [2.45, 2.75) is 24.4 Å². The highest BCUT2D eigenvalue weighted by Crippen LogP contribution is 2.32. The van der Waals surface area contributed by atoms with Crippen LogP contribution < -0.4 is 19.5 Å². The first-order valence-corrected chi connectivity index (χ1v) is 16.8. The third-order valence-corrected chi connectivity index (χ3v) is 9.76. The zero-order valence-electron chi connectivity index (χ0n) is 25.3. The number of nitrogens with zero attached hydrogens (tertiary/aromatic N) is 6. The van der Waals surface area contributed by atoms with Crippen molar-refractivity contribution in [2.75, 3.05) is 38.4 Å². The van der Waals surface area contributed by atoms with Gasteiger partial charge in [0, 0.05) is 13.1 Å². The second-order valence-electron chi connectivity index (χ2n) is 10.1. The number of hydrogen-bond donors (Lipinski definition) is 2. The molecule has 4 heterocycles. The summed E-state index contributed by atoms with van der Waals surface area (Å²) in [6, 6.07) is 12.2. The molecule has 2 aromatic carbocycles. The number of thiazole rings is 1. The van der Waals surface area contributed by atoms with Gasteiger partial charge in [0.05, 0.1) is 23.2 Å². The van der Waals surface area contributed by atoms with Crippen LogP contribution in [-0.4, -0.2) is 88.8 Å². The molecule has 3 aromatic heterocycles. The van der Waals surface area contributed by atoms with Crippen molar-refractivity contribution in [1.82, 2.24) is 34.1 Å². The van der Waals surface area contributed by atoms with E-state index >= 15 is 0 Å². The molecule has 6 rings (SSSR count). The van der Waals surface area contributed by atoms with Crippen molar-refractivity contribution in [3.05, 3.63) is 60.7 Å². The van der Waals surface area contributed by atoms with Crippen molar-refractivity contribution in [3.8, 4) is 11.5 Å². The predicted molar refractivity (Wildman–Crippen MR) is 170 cm³/mol. The molecule has 5 aromatic rings. The van der Waals surface area contributed by atoms with E-state index in [9.17, 15) is 22.8 Å². The molecular formula is C29H28N8O9S2. The summed E-state index contributed by atoms with van der Waals surface area (Å²) in [6.45, 7) is 0.732. The van der Waals surface area contributed by atoms with E-state index in [1.807, 2.05) is 0 Å². The van der Waals surface area contributed by atoms with E-state index in [0.717, 1.165) is 11.3 Å². The summed E-state index contributed by atoms with van der Waals surface area (Å²) in [4.78, 5) is 56.2. The van der Waals surface area contributed by atoms with Gasteiger partial charge in [-0.25, -0.2) is 37.9 Å². The Morgan fingerprint density at radius 3 is 2.73 bits per heavy atom. The molecule has 17 nitrogen and oxygen atoms in total. The number of aromatic nitrogens is 5. The van der Waals surface area contributed by atoms with Crippen LogP contribution in [0.5, 0.6) is 11.5 Å². The van der Waals surface area contributed by atoms with Crippen LogP contribution in [0, 0.1) is 0 Å². The number of benzene rings is 2. The monoisotopic (exact) mass is 696 g/mol. The number of carbonyl (C=O) groups is 3. The molecule has 0 fully saturated rings. The number of hydrogen-bond acceptors (Lipinski definition) is 14. The standard InChI is InChI=1S/C29H28N8O9S2/c1-2-43-24(39)13-36(10-9-33-48(41,42)29-34-19-5-3-4-6-22(19)47-29)23(38)12-37-16-32-25-26(30-15-31-27(25)37)35-28(40)44-14-18-7-8-20-21(11-18)46-17-45-20/h3-8,11,15-16,33H,2,9-10,12-14,17H2,1H3,(H,30,31,35,40). The lowest BCUT2D eigenvalue weighted by atomic mass is 10.2. The molecule has 48 heavy (non-hydrogen) atoms. The third kappa shape index (κ3) is 7.42. The number of anilines is 1. The summed E-state index contributed by atoms with van der Waals surface area (Å²) in [5, 5.41) is 2.53. The summed E-state index contributed by atoms with van der Waals surface area (Å²) >= 11 is 1.02. The number of imidazole rings is 1. The Balaban J connectivity index is 1.09. The minimum atomic E-state index is -3.98. The van der Waals surface area contributed by atoms with Gasteiger partial charge in [0.15, 0.2) is 28.5 Å². The fourth-order valence-corrected chi connectivity index (χ4v) is 6.93. The maximum Gasteiger partial charge on any atom is 0.413 e. The van der Waals surface area contributed by atoms with Crippen LogP contribution >= 0.6 is 11.3 Å². The smallest absolute Gasteiger partial charge is 0.413 e. The number of esters is 1. The first-order chi connectivity index (χ1) is 23.2. The van der Waals surface area contributed by atoms with Gasteiger partial charge >= 0.3 is 12.1 Å². The van der Waals surface area contributed by atoms with E-state index in [1.54, 1.807) is 49.4 Å². The van der Waals surface area contributed by atoms with E-state index in [4.69, 9.17) is 18.9 Å². The highest BCUT2D eigenvalue weighted by molar-refractivity contribution is 7.91. The number of para-hydroxylation sites is 1. The van der Waals surface area contributed by atoms with Crippen LogP contribution in [0.2, 0.25) is 0 Å². The maximum atomic E-state index is 13.4. The lowest BCUT2D eigenvalue weighted by Crippen LogP contribution is -2.43. The number of ether oxygens (including phenoxy) is 4. The molecular weight excluding hydrogens is 668 g/mol. The molecule has 0 spiro atoms. The first-order valence-electron chi connectivity index (χ1n) is 14.5. The lowest BCUT2D eigenvalue weighted by Gasteiger charge is -2.22. The number of nitrogens with one attached hydrogen (secondary N) is 2. The Hall–Kier alpha value is -5.40. The molecule has 0 saturated carbocycles. The van der Waals surface area contributed by atoms with Gasteiger partial charge in [-0.05, 0) is 36.8 Å². The summed E-state index contributed by atoms with van der Waals surface area (Å²) in [5.74, 6) is 0.00582. The number of rotatable bonds is 13. The predicted octanol–water partition coefficient (Wildman–Crippen LogP) is 2.28. The molecule has 2 N–H and O–H groups in total. The average molecular weight is 697 g/mol. The molecule has 0 aliphatic carbocycles. The molecule has 0 saturated heterocycles. The van der Waals surface area contributed by atoms with Gasteiger partial charge in [0.2, 0.25) is 17.0 Å². The third-order valence-electron chi connectivity index (χ3n) is 6.89. The minimum absolute atomic E-state index is 0.0489. The van der Waals surface area contributed by atoms with Gasteiger partial charge in [-0.3, -0.25) is 14.9 Å². The van der Waals surface area contributed by atoms with E-state index in [1.165, 1.54) is 22.1 Å². The van der Waals surface area contributed by atoms with Crippen molar-refractivity contribution >= 4 is 66.5 Å². The number of sulfonamides is 1. The topological polar surface area (TPSA) is 206 Å². The number of carbonyl (C=O) groups excluding carboxylic acids is 3. The van der Waals surface area contributed by atoms with E-state index in [-0.39, 0.29) is 61.0 Å². The van der Waals surface area contributed by atoms with E-state index in [2.05, 4.69) is 30.0 Å². The number of amides is 2. The Kier molecular flexibility index (Phi) is 9.60. The van der Waals surface area contributed by atoms with Crippen LogP contribution in [0.3, 0.4) is 0 Å². The molecule has 1 aliphatic rings. The highest BCUT2D eigenvalue weighted by atomic mass is 32.2. The van der Waals surface area contributed by atoms with Crippen LogP contribution in [-0.2, 0) is 42.2 Å². The quantitative estimate of drug-likeness (QED) is 0.170. The Morgan fingerprint density at radius 1 is 1.06 bits per heavy atom. The molecule has 0 radical (unpaired) electrons. The average Bonchev–Trinajstić information content (AvgIpc) is 3.82. The van der Waals surface area contributed by atoms with Crippen LogP contribution in [0.4, 0.5) is 10.6 Å². The number of fused-ring (bicyclic) bond motifs is 3. The molecule has 0 atom stereocenters. The Bertz CT molecular complexity index is 2070. The molecule has 1 aliphatic heterocycles. The SMILES string of the molecule is CCOC(=O)CN(CCNS(=O)(=O)c1nc2ccccc2s1)C(=O)Cn1cnc2c(NC(=O)OCc3ccc4c(c3)OCO4)ncnc21. The summed E-state index contributed by atoms with van der Waals surface area (Å²) in [6.07, 6.45) is 1.72. The molecule has 0 bridgehead atoms. The van der Waals surface area contributed by atoms with Crippen molar-refractivity contribution < 1.29 is 41.7 Å². The van der Waals surface area contributed by atoms with Gasteiger partial charge in [-0.1, -0.05) is 18.2 Å². The minimum Gasteiger partial charge on any atom is -0.465 e. The second-order valence-corrected chi connectivity index (χ2v) is 13.1. The van der Waals surface area contributed by atoms with Gasteiger partial charge < -0.3 is 28.4 Å². The normalized spacial score (nSPS) is 12.3. The zero-order chi connectivity index (χ0) is 33.7. The van der Waals surface area contributed by atoms with Gasteiger partial charge in [0.1, 0.15) is 26.0 Å². The van der Waals surface area contributed by atoms with Crippen LogP contribution in [0.15, 0.2) is 59.5 Å². The molecule has 250 valence electrons. The maximum absolute atomic E-state index is 13.4. The fourth-order valence-electron chi connectivity index (χ4n) is 4.64. The second kappa shape index (κ2) is 14.2. The summed E-state index contributed by atoms with van der Waals surface area (Å²) in [7, 11) is -3.98. The largest absolute Gasteiger partial charge is 0.465 e. The lowest BCUT2D eigenvalue weighted by molar-refractivity contribution is -0.149. The zero-order valence-corrected chi connectivity index (χ0v) is 27.0. The molecule has 2 amide bonds. The van der Waals surface area contributed by atoms with Gasteiger partial charge in [-0.2, -0.15) is 0 Å². The van der Waals surface area contributed by atoms with Crippen LogP contribution in [0.25, 0.3) is 21.4 Å². The summed E-state index contributed by atoms with van der Waals surface area (Å²) < 4.78 is 51.2. The summed E-state index contributed by atoms with van der Waals surface area (Å²) in [5.41, 5.74) is 1.64. The molecule has 0 unspecified atom stereocenters. The highest BCUT2D eigenvalue weighted by Gasteiger charge is 2.24. The fraction of sp³-hybridized carbons (Fsp3) is 0.276. The van der Waals surface area contributed by atoms with Crippen molar-refractivity contribution in [2.24, 2.45) is 0 Å². The van der Waals surface area contributed by atoms with Gasteiger partial charge in [-0.15, -0.1) is 11.3 Å². The Morgan fingerprint density at radius 2 is 1.90 bits per heavy atom. The van der Waals surface area contributed by atoms with E-state index < -0.39 is 34.5 Å². The Labute approximate surface area is 276 Å². The van der Waals surface area contributed by atoms with Crippen molar-refractivity contribution in [1.29, 1.82) is 0 Å². The van der Waals surface area contributed by atoms with Crippen molar-refractivity contribution in [3.63, 3.8) is 0 Å². The first kappa shape index (κ1) is 32.5.